The second-order valence-corrected chi connectivity index (χ2v) is 7.97. The van der Waals surface area contributed by atoms with Gasteiger partial charge in [0.05, 0.1) is 5.56 Å². The van der Waals surface area contributed by atoms with Crippen LogP contribution in [0.2, 0.25) is 0 Å². The van der Waals surface area contributed by atoms with Crippen LogP contribution in [0.1, 0.15) is 54.0 Å². The number of hydrogen-bond donors (Lipinski definition) is 0. The minimum atomic E-state index is -4.29. The van der Waals surface area contributed by atoms with Gasteiger partial charge in [-0.2, -0.15) is 13.2 Å². The smallest absolute Gasteiger partial charge is 0.299 e. The van der Waals surface area contributed by atoms with Crippen molar-refractivity contribution in [3.63, 3.8) is 0 Å². The zero-order chi connectivity index (χ0) is 20.9. The van der Waals surface area contributed by atoms with Crippen molar-refractivity contribution in [2.75, 3.05) is 19.6 Å². The number of alkyl halides is 3. The van der Waals surface area contributed by atoms with E-state index in [1.54, 1.807) is 6.07 Å². The van der Waals surface area contributed by atoms with Crippen molar-refractivity contribution in [1.82, 2.24) is 4.90 Å². The Morgan fingerprint density at radius 3 is 2.52 bits per heavy atom. The first-order valence-corrected chi connectivity index (χ1v) is 10.5. The number of unbranched alkanes of at least 4 members (excludes halogenated alkanes) is 1. The maximum Gasteiger partial charge on any atom is 0.416 e. The van der Waals surface area contributed by atoms with E-state index in [1.165, 1.54) is 41.7 Å². The van der Waals surface area contributed by atoms with Gasteiger partial charge in [0.2, 0.25) is 0 Å². The lowest BCUT2D eigenvalue weighted by molar-refractivity contribution is -0.137. The van der Waals surface area contributed by atoms with Gasteiger partial charge in [-0.1, -0.05) is 49.8 Å². The number of benzene rings is 2. The highest BCUT2D eigenvalue weighted by Crippen LogP contribution is 2.32. The van der Waals surface area contributed by atoms with Gasteiger partial charge in [0, 0.05) is 19.6 Å². The summed E-state index contributed by atoms with van der Waals surface area (Å²) in [5.41, 5.74) is 5.32. The van der Waals surface area contributed by atoms with Gasteiger partial charge < -0.3 is 0 Å². The lowest BCUT2D eigenvalue weighted by Gasteiger charge is -2.26. The van der Waals surface area contributed by atoms with E-state index >= 15 is 0 Å². The van der Waals surface area contributed by atoms with E-state index < -0.39 is 11.7 Å². The van der Waals surface area contributed by atoms with Crippen molar-refractivity contribution in [2.45, 2.75) is 52.1 Å². The summed E-state index contributed by atoms with van der Waals surface area (Å²) in [7, 11) is 0. The van der Waals surface area contributed by atoms with E-state index in [1.807, 2.05) is 0 Å². The van der Waals surface area contributed by atoms with E-state index in [0.29, 0.717) is 5.56 Å². The second-order valence-electron chi connectivity index (χ2n) is 7.97. The molecule has 156 valence electrons. The molecule has 0 amide bonds. The largest absolute Gasteiger partial charge is 0.416 e. The third-order valence-electron chi connectivity index (χ3n) is 5.78. The normalized spacial score (nSPS) is 15.4. The second kappa shape index (κ2) is 9.62. The quantitative estimate of drug-likeness (QED) is 0.500. The highest BCUT2D eigenvalue weighted by molar-refractivity contribution is 5.67. The molecule has 1 aliphatic rings. The highest BCUT2D eigenvalue weighted by Gasteiger charge is 2.30. The number of halogens is 3. The first-order valence-electron chi connectivity index (χ1n) is 10.5. The van der Waals surface area contributed by atoms with Crippen LogP contribution in [0.4, 0.5) is 13.2 Å². The van der Waals surface area contributed by atoms with Gasteiger partial charge in [0.1, 0.15) is 0 Å². The lowest BCUT2D eigenvalue weighted by atomic mass is 9.97. The van der Waals surface area contributed by atoms with Crippen LogP contribution < -0.4 is 0 Å². The van der Waals surface area contributed by atoms with Crippen LogP contribution in [0, 0.1) is 6.92 Å². The molecule has 0 atom stereocenters. The Bertz CT molecular complexity index is 851. The molecule has 2 aromatic carbocycles. The fourth-order valence-electron chi connectivity index (χ4n) is 3.92. The summed E-state index contributed by atoms with van der Waals surface area (Å²) in [5.74, 6) is 0. The SMILES string of the molecule is CCCCc1ccc(CCN2CC=C(c3cccc(C(F)(F)F)c3)CC2)cc1C. The number of hydrogen-bond acceptors (Lipinski definition) is 1. The fourth-order valence-corrected chi connectivity index (χ4v) is 3.92. The highest BCUT2D eigenvalue weighted by atomic mass is 19.4. The van der Waals surface area contributed by atoms with Crippen molar-refractivity contribution in [3.05, 3.63) is 76.4 Å². The average molecular weight is 402 g/mol. The van der Waals surface area contributed by atoms with Crippen LogP contribution >= 0.6 is 0 Å². The Hall–Kier alpha value is -2.07. The van der Waals surface area contributed by atoms with E-state index in [4.69, 9.17) is 0 Å². The number of aryl methyl sites for hydroxylation is 2. The molecule has 1 heterocycles. The van der Waals surface area contributed by atoms with Crippen molar-refractivity contribution in [3.8, 4) is 0 Å². The minimum Gasteiger partial charge on any atom is -0.299 e. The first kappa shape index (κ1) is 21.6. The Morgan fingerprint density at radius 1 is 1.03 bits per heavy atom. The zero-order valence-corrected chi connectivity index (χ0v) is 17.4. The van der Waals surface area contributed by atoms with E-state index in [9.17, 15) is 13.2 Å². The van der Waals surface area contributed by atoms with E-state index in [0.717, 1.165) is 50.5 Å². The van der Waals surface area contributed by atoms with E-state index in [-0.39, 0.29) is 0 Å². The average Bonchev–Trinajstić information content (AvgIpc) is 2.71. The molecule has 0 radical (unpaired) electrons. The van der Waals surface area contributed by atoms with Gasteiger partial charge >= 0.3 is 6.18 Å². The molecule has 1 nitrogen and oxygen atoms in total. The van der Waals surface area contributed by atoms with Crippen LogP contribution in [0.3, 0.4) is 0 Å². The number of rotatable bonds is 7. The maximum absolute atomic E-state index is 12.9. The molecule has 29 heavy (non-hydrogen) atoms. The Kier molecular flexibility index (Phi) is 7.18. The molecular formula is C25H30F3N. The molecule has 0 aliphatic carbocycles. The summed E-state index contributed by atoms with van der Waals surface area (Å²) < 4.78 is 38.8. The minimum absolute atomic E-state index is 0.573. The molecular weight excluding hydrogens is 371 g/mol. The van der Waals surface area contributed by atoms with Crippen LogP contribution in [-0.2, 0) is 19.0 Å². The first-order chi connectivity index (χ1) is 13.9. The topological polar surface area (TPSA) is 3.24 Å². The molecule has 0 N–H and O–H groups in total. The Morgan fingerprint density at radius 2 is 1.86 bits per heavy atom. The molecule has 0 unspecified atom stereocenters. The zero-order valence-electron chi connectivity index (χ0n) is 17.4. The van der Waals surface area contributed by atoms with Gasteiger partial charge in [0.15, 0.2) is 0 Å². The monoisotopic (exact) mass is 401 g/mol. The fraction of sp³-hybridized carbons (Fsp3) is 0.440. The Balaban J connectivity index is 1.56. The summed E-state index contributed by atoms with van der Waals surface area (Å²) in [4.78, 5) is 2.37. The summed E-state index contributed by atoms with van der Waals surface area (Å²) in [6.07, 6.45) is 3.18. The third-order valence-corrected chi connectivity index (χ3v) is 5.78. The van der Waals surface area contributed by atoms with Gasteiger partial charge in [-0.05, 0) is 72.6 Å². The molecule has 0 fully saturated rings. The third kappa shape index (κ3) is 5.96. The standard InChI is InChI=1S/C25H30F3N/c1-3-4-6-21-10-9-20(17-19(21)2)11-14-29-15-12-22(13-16-29)23-7-5-8-24(18-23)25(26,27)28/h5,7-10,12,17-18H,3-4,6,11,13-16H2,1-2H3. The summed E-state index contributed by atoms with van der Waals surface area (Å²) in [6, 6.07) is 12.5. The van der Waals surface area contributed by atoms with Crippen LogP contribution in [0.25, 0.3) is 5.57 Å². The number of nitrogens with zero attached hydrogens (tertiary/aromatic N) is 1. The summed E-state index contributed by atoms with van der Waals surface area (Å²) >= 11 is 0. The molecule has 0 bridgehead atoms. The molecule has 0 saturated carbocycles. The van der Waals surface area contributed by atoms with Crippen molar-refractivity contribution < 1.29 is 13.2 Å². The van der Waals surface area contributed by atoms with Crippen LogP contribution in [0.15, 0.2) is 48.5 Å². The van der Waals surface area contributed by atoms with Gasteiger partial charge in [-0.3, -0.25) is 4.90 Å². The Labute approximate surface area is 172 Å². The van der Waals surface area contributed by atoms with Crippen LogP contribution in [0.5, 0.6) is 0 Å². The van der Waals surface area contributed by atoms with Crippen molar-refractivity contribution in [1.29, 1.82) is 0 Å². The summed E-state index contributed by atoms with van der Waals surface area (Å²) in [5, 5.41) is 0. The van der Waals surface area contributed by atoms with Crippen molar-refractivity contribution in [2.24, 2.45) is 0 Å². The van der Waals surface area contributed by atoms with Gasteiger partial charge in [0.25, 0.3) is 0 Å². The predicted octanol–water partition coefficient (Wildman–Crippen LogP) is 6.69. The van der Waals surface area contributed by atoms with E-state index in [2.05, 4.69) is 43.0 Å². The molecule has 0 spiro atoms. The molecule has 3 rings (SSSR count). The molecule has 2 aromatic rings. The lowest BCUT2D eigenvalue weighted by Crippen LogP contribution is -2.30. The molecule has 1 aliphatic heterocycles. The predicted molar refractivity (Wildman–Crippen MR) is 114 cm³/mol. The molecule has 4 heteroatoms. The van der Waals surface area contributed by atoms with Gasteiger partial charge in [-0.15, -0.1) is 0 Å². The van der Waals surface area contributed by atoms with Crippen molar-refractivity contribution >= 4 is 5.57 Å². The summed E-state index contributed by atoms with van der Waals surface area (Å²) in [6.45, 7) is 7.06. The van der Waals surface area contributed by atoms with Crippen LogP contribution in [-0.4, -0.2) is 24.5 Å². The molecule has 0 aromatic heterocycles. The maximum atomic E-state index is 12.9. The molecule has 0 saturated heterocycles. The van der Waals surface area contributed by atoms with Gasteiger partial charge in [-0.25, -0.2) is 0 Å².